The van der Waals surface area contributed by atoms with Crippen molar-refractivity contribution in [2.45, 2.75) is 13.8 Å². The number of benzene rings is 1. The predicted molar refractivity (Wildman–Crippen MR) is 76.0 cm³/mol. The summed E-state index contributed by atoms with van der Waals surface area (Å²) in [7, 11) is 0. The molecule has 0 spiro atoms. The SMILES string of the molecule is CC(C)CN(CC(=O)O)C(=O)c1cc(Cl)c2c(c1)OCO2. The molecule has 0 saturated carbocycles. The molecule has 0 fully saturated rings. The lowest BCUT2D eigenvalue weighted by Crippen LogP contribution is -2.38. The summed E-state index contributed by atoms with van der Waals surface area (Å²) in [6.45, 7) is 3.86. The smallest absolute Gasteiger partial charge is 0.323 e. The van der Waals surface area contributed by atoms with Crippen molar-refractivity contribution in [1.29, 1.82) is 0 Å². The van der Waals surface area contributed by atoms with Crippen LogP contribution in [0.2, 0.25) is 5.02 Å². The van der Waals surface area contributed by atoms with Gasteiger partial charge in [-0.2, -0.15) is 0 Å². The normalized spacial score (nSPS) is 12.6. The molecule has 1 heterocycles. The number of halogens is 1. The maximum atomic E-state index is 12.5. The topological polar surface area (TPSA) is 76.1 Å². The molecular weight excluding hydrogens is 298 g/mol. The van der Waals surface area contributed by atoms with Gasteiger partial charge < -0.3 is 19.5 Å². The molecule has 0 atom stereocenters. The fourth-order valence-electron chi connectivity index (χ4n) is 2.10. The van der Waals surface area contributed by atoms with Crippen LogP contribution >= 0.6 is 11.6 Å². The molecule has 0 radical (unpaired) electrons. The van der Waals surface area contributed by atoms with E-state index in [2.05, 4.69) is 0 Å². The van der Waals surface area contributed by atoms with Crippen molar-refractivity contribution >= 4 is 23.5 Å². The number of hydrogen-bond donors (Lipinski definition) is 1. The van der Waals surface area contributed by atoms with Crippen molar-refractivity contribution in [3.8, 4) is 11.5 Å². The predicted octanol–water partition coefficient (Wildman–Crippen LogP) is 2.25. The fraction of sp³-hybridized carbons (Fsp3) is 0.429. The minimum Gasteiger partial charge on any atom is -0.480 e. The average Bonchev–Trinajstić information content (AvgIpc) is 2.84. The third kappa shape index (κ3) is 3.58. The highest BCUT2D eigenvalue weighted by Gasteiger charge is 2.24. The lowest BCUT2D eigenvalue weighted by molar-refractivity contribution is -0.137. The number of carbonyl (C=O) groups excluding carboxylic acids is 1. The molecule has 21 heavy (non-hydrogen) atoms. The third-order valence-corrected chi connectivity index (χ3v) is 3.15. The number of rotatable bonds is 5. The molecule has 1 N–H and O–H groups in total. The minimum absolute atomic E-state index is 0.0531. The Balaban J connectivity index is 2.28. The standard InChI is InChI=1S/C14H16ClNO5/c1-8(2)5-16(6-12(17)18)14(19)9-3-10(15)13-11(4-9)20-7-21-13/h3-4,8H,5-7H2,1-2H3,(H,17,18). The van der Waals surface area contributed by atoms with Crippen LogP contribution in [0.4, 0.5) is 0 Å². The lowest BCUT2D eigenvalue weighted by Gasteiger charge is -2.23. The molecule has 0 aliphatic carbocycles. The number of amides is 1. The average molecular weight is 314 g/mol. The van der Waals surface area contributed by atoms with E-state index in [1.807, 2.05) is 13.8 Å². The van der Waals surface area contributed by atoms with Crippen LogP contribution in [-0.4, -0.2) is 41.8 Å². The first-order valence-corrected chi connectivity index (χ1v) is 6.86. The summed E-state index contributed by atoms with van der Waals surface area (Å²) in [5, 5.41) is 9.21. The first-order valence-electron chi connectivity index (χ1n) is 6.48. The Labute approximate surface area is 127 Å². The Kier molecular flexibility index (Phi) is 4.57. The van der Waals surface area contributed by atoms with Crippen LogP contribution in [0.1, 0.15) is 24.2 Å². The zero-order valence-electron chi connectivity index (χ0n) is 11.8. The molecule has 0 aromatic heterocycles. The van der Waals surface area contributed by atoms with Gasteiger partial charge in [0, 0.05) is 12.1 Å². The fourth-order valence-corrected chi connectivity index (χ4v) is 2.36. The van der Waals surface area contributed by atoms with Crippen LogP contribution in [0.5, 0.6) is 11.5 Å². The van der Waals surface area contributed by atoms with Crippen molar-refractivity contribution in [1.82, 2.24) is 4.90 Å². The number of carbonyl (C=O) groups is 2. The van der Waals surface area contributed by atoms with E-state index < -0.39 is 11.9 Å². The molecule has 1 aliphatic rings. The van der Waals surface area contributed by atoms with E-state index in [0.29, 0.717) is 18.0 Å². The summed E-state index contributed by atoms with van der Waals surface area (Å²) in [5.41, 5.74) is 0.283. The summed E-state index contributed by atoms with van der Waals surface area (Å²) < 4.78 is 10.4. The van der Waals surface area contributed by atoms with Gasteiger partial charge in [0.2, 0.25) is 6.79 Å². The molecule has 0 bridgehead atoms. The van der Waals surface area contributed by atoms with E-state index in [-0.39, 0.29) is 29.8 Å². The lowest BCUT2D eigenvalue weighted by atomic mass is 10.1. The van der Waals surface area contributed by atoms with Gasteiger partial charge in [0.15, 0.2) is 11.5 Å². The highest BCUT2D eigenvalue weighted by molar-refractivity contribution is 6.32. The monoisotopic (exact) mass is 313 g/mol. The molecule has 7 heteroatoms. The van der Waals surface area contributed by atoms with Crippen molar-refractivity contribution in [3.63, 3.8) is 0 Å². The molecule has 114 valence electrons. The largest absolute Gasteiger partial charge is 0.480 e. The molecular formula is C14H16ClNO5. The molecule has 0 saturated heterocycles. The molecule has 2 rings (SSSR count). The van der Waals surface area contributed by atoms with Gasteiger partial charge >= 0.3 is 5.97 Å². The second-order valence-electron chi connectivity index (χ2n) is 5.17. The first kappa shape index (κ1) is 15.4. The van der Waals surface area contributed by atoms with Gasteiger partial charge in [-0.25, -0.2) is 0 Å². The second-order valence-corrected chi connectivity index (χ2v) is 5.57. The molecule has 6 nitrogen and oxygen atoms in total. The number of carboxylic acids is 1. The maximum absolute atomic E-state index is 12.5. The number of hydrogen-bond acceptors (Lipinski definition) is 4. The van der Waals surface area contributed by atoms with Crippen LogP contribution in [0.25, 0.3) is 0 Å². The first-order chi connectivity index (χ1) is 9.88. The van der Waals surface area contributed by atoms with E-state index in [1.165, 1.54) is 17.0 Å². The zero-order valence-corrected chi connectivity index (χ0v) is 12.5. The molecule has 1 aromatic rings. The summed E-state index contributed by atoms with van der Waals surface area (Å²) in [6, 6.07) is 2.98. The Morgan fingerprint density at radius 3 is 2.71 bits per heavy atom. The quantitative estimate of drug-likeness (QED) is 0.902. The van der Waals surface area contributed by atoms with Crippen LogP contribution in [0.15, 0.2) is 12.1 Å². The van der Waals surface area contributed by atoms with E-state index in [1.54, 1.807) is 0 Å². The number of aliphatic carboxylic acids is 1. The van der Waals surface area contributed by atoms with Crippen molar-refractivity contribution in [2.24, 2.45) is 5.92 Å². The van der Waals surface area contributed by atoms with Gasteiger partial charge in [0.05, 0.1) is 5.02 Å². The van der Waals surface area contributed by atoms with Gasteiger partial charge in [-0.05, 0) is 18.1 Å². The van der Waals surface area contributed by atoms with Crippen molar-refractivity contribution in [3.05, 3.63) is 22.7 Å². The van der Waals surface area contributed by atoms with Crippen LogP contribution in [0, 0.1) is 5.92 Å². The van der Waals surface area contributed by atoms with E-state index >= 15 is 0 Å². The Hall–Kier alpha value is -1.95. The van der Waals surface area contributed by atoms with Crippen LogP contribution in [0.3, 0.4) is 0 Å². The van der Waals surface area contributed by atoms with E-state index in [9.17, 15) is 9.59 Å². The minimum atomic E-state index is -1.06. The number of ether oxygens (including phenoxy) is 2. The summed E-state index contributed by atoms with van der Waals surface area (Å²) in [5.74, 6) is -0.507. The van der Waals surface area contributed by atoms with Gasteiger partial charge in [0.1, 0.15) is 6.54 Å². The van der Waals surface area contributed by atoms with Crippen molar-refractivity contribution < 1.29 is 24.2 Å². The van der Waals surface area contributed by atoms with Gasteiger partial charge in [-0.1, -0.05) is 25.4 Å². The van der Waals surface area contributed by atoms with Crippen molar-refractivity contribution in [2.75, 3.05) is 19.9 Å². The number of carboxylic acid groups (broad SMARTS) is 1. The summed E-state index contributed by atoms with van der Waals surface area (Å²) >= 11 is 6.04. The zero-order chi connectivity index (χ0) is 15.6. The highest BCUT2D eigenvalue weighted by atomic mass is 35.5. The molecule has 1 amide bonds. The molecule has 0 unspecified atom stereocenters. The van der Waals surface area contributed by atoms with Crippen LogP contribution < -0.4 is 9.47 Å². The molecule has 1 aromatic carbocycles. The second kappa shape index (κ2) is 6.22. The summed E-state index contributed by atoms with van der Waals surface area (Å²) in [6.07, 6.45) is 0. The highest BCUT2D eigenvalue weighted by Crippen LogP contribution is 2.40. The van der Waals surface area contributed by atoms with Gasteiger partial charge in [0.25, 0.3) is 5.91 Å². The number of fused-ring (bicyclic) bond motifs is 1. The Bertz CT molecular complexity index is 573. The van der Waals surface area contributed by atoms with E-state index in [0.717, 1.165) is 0 Å². The van der Waals surface area contributed by atoms with Crippen LogP contribution in [-0.2, 0) is 4.79 Å². The Morgan fingerprint density at radius 2 is 2.10 bits per heavy atom. The summed E-state index contributed by atoms with van der Waals surface area (Å²) in [4.78, 5) is 24.7. The molecule has 1 aliphatic heterocycles. The van der Waals surface area contributed by atoms with E-state index in [4.69, 9.17) is 26.2 Å². The Morgan fingerprint density at radius 1 is 1.38 bits per heavy atom. The van der Waals surface area contributed by atoms with Gasteiger partial charge in [-0.15, -0.1) is 0 Å². The maximum Gasteiger partial charge on any atom is 0.323 e. The third-order valence-electron chi connectivity index (χ3n) is 2.87. The van der Waals surface area contributed by atoms with Gasteiger partial charge in [-0.3, -0.25) is 9.59 Å². The number of nitrogens with zero attached hydrogens (tertiary/aromatic N) is 1.